The molecule has 3 aromatic carbocycles. The van der Waals surface area contributed by atoms with Crippen molar-refractivity contribution in [2.45, 2.75) is 6.92 Å². The molecule has 0 aliphatic rings. The number of aromatic hydroxyl groups is 1. The summed E-state index contributed by atoms with van der Waals surface area (Å²) in [5.41, 5.74) is 3.41. The Morgan fingerprint density at radius 3 is 2.54 bits per heavy atom. The lowest BCUT2D eigenvalue weighted by atomic mass is 10.1. The average molecular weight is 349 g/mol. The Morgan fingerprint density at radius 1 is 1.15 bits per heavy atom. The van der Waals surface area contributed by atoms with E-state index in [9.17, 15) is 20.0 Å². The molecule has 0 aromatic heterocycles. The molecule has 26 heavy (non-hydrogen) atoms. The first-order valence-electron chi connectivity index (χ1n) is 7.76. The van der Waals surface area contributed by atoms with Crippen LogP contribution in [0.2, 0.25) is 0 Å². The Balaban J connectivity index is 1.79. The number of amides is 1. The first-order chi connectivity index (χ1) is 12.5. The van der Waals surface area contributed by atoms with E-state index in [2.05, 4.69) is 10.5 Å². The second kappa shape index (κ2) is 7.02. The van der Waals surface area contributed by atoms with Crippen molar-refractivity contribution in [3.05, 3.63) is 81.4 Å². The van der Waals surface area contributed by atoms with Crippen LogP contribution in [0.4, 0.5) is 5.69 Å². The number of benzene rings is 3. The van der Waals surface area contributed by atoms with Gasteiger partial charge in [0, 0.05) is 17.2 Å². The number of phenolic OH excluding ortho intramolecular Hbond substituents is 1. The number of hydrogen-bond donors (Lipinski definition) is 2. The van der Waals surface area contributed by atoms with Crippen molar-refractivity contribution in [3.8, 4) is 5.75 Å². The summed E-state index contributed by atoms with van der Waals surface area (Å²) in [5, 5.41) is 26.4. The van der Waals surface area contributed by atoms with E-state index >= 15 is 0 Å². The summed E-state index contributed by atoms with van der Waals surface area (Å²) in [4.78, 5) is 22.7. The van der Waals surface area contributed by atoms with Gasteiger partial charge in [0.25, 0.3) is 11.6 Å². The van der Waals surface area contributed by atoms with Gasteiger partial charge in [0.2, 0.25) is 0 Å². The minimum absolute atomic E-state index is 0.0209. The molecule has 0 radical (unpaired) electrons. The van der Waals surface area contributed by atoms with E-state index in [1.165, 1.54) is 18.3 Å². The number of nitrogens with one attached hydrogen (secondary N) is 1. The number of nitrogens with zero attached hydrogens (tertiary/aromatic N) is 2. The highest BCUT2D eigenvalue weighted by molar-refractivity contribution is 6.01. The van der Waals surface area contributed by atoms with Gasteiger partial charge in [-0.25, -0.2) is 5.43 Å². The molecule has 3 aromatic rings. The van der Waals surface area contributed by atoms with Gasteiger partial charge in [-0.05, 0) is 29.8 Å². The number of hydrazone groups is 1. The van der Waals surface area contributed by atoms with E-state index in [4.69, 9.17) is 0 Å². The van der Waals surface area contributed by atoms with E-state index in [1.807, 2.05) is 24.3 Å². The molecule has 3 rings (SSSR count). The fourth-order valence-corrected chi connectivity index (χ4v) is 2.54. The summed E-state index contributed by atoms with van der Waals surface area (Å²) in [5.74, 6) is -0.728. The van der Waals surface area contributed by atoms with Gasteiger partial charge in [0.1, 0.15) is 5.75 Å². The Hall–Kier alpha value is -3.74. The summed E-state index contributed by atoms with van der Waals surface area (Å²) >= 11 is 0. The number of carbonyl (C=O) groups is 1. The monoisotopic (exact) mass is 349 g/mol. The van der Waals surface area contributed by atoms with E-state index < -0.39 is 10.8 Å². The van der Waals surface area contributed by atoms with Crippen molar-refractivity contribution < 1.29 is 14.8 Å². The van der Waals surface area contributed by atoms with Gasteiger partial charge >= 0.3 is 0 Å². The SMILES string of the molecule is Cc1ccc(/C=N/NC(=O)c2cc3ccccc3cc2O)cc1[N+](=O)[O-]. The lowest BCUT2D eigenvalue weighted by Crippen LogP contribution is -2.17. The molecule has 0 aliphatic heterocycles. The van der Waals surface area contributed by atoms with Crippen LogP contribution in [0.1, 0.15) is 21.5 Å². The van der Waals surface area contributed by atoms with Crippen LogP contribution in [0.15, 0.2) is 59.7 Å². The Bertz CT molecular complexity index is 1040. The highest BCUT2D eigenvalue weighted by Crippen LogP contribution is 2.25. The predicted molar refractivity (Wildman–Crippen MR) is 98.5 cm³/mol. The maximum Gasteiger partial charge on any atom is 0.275 e. The van der Waals surface area contributed by atoms with Crippen LogP contribution in [0, 0.1) is 17.0 Å². The number of fused-ring (bicyclic) bond motifs is 1. The number of nitro groups is 1. The summed E-state index contributed by atoms with van der Waals surface area (Å²) in [6, 6.07) is 15.1. The fraction of sp³-hybridized carbons (Fsp3) is 0.0526. The molecule has 1 amide bonds. The molecular weight excluding hydrogens is 334 g/mol. The summed E-state index contributed by atoms with van der Waals surface area (Å²) in [6.45, 7) is 1.64. The first-order valence-corrected chi connectivity index (χ1v) is 7.76. The van der Waals surface area contributed by atoms with E-state index in [-0.39, 0.29) is 17.0 Å². The molecule has 130 valence electrons. The molecule has 0 unspecified atom stereocenters. The molecule has 7 nitrogen and oxygen atoms in total. The Labute approximate surface area is 148 Å². The second-order valence-electron chi connectivity index (χ2n) is 5.72. The van der Waals surface area contributed by atoms with Gasteiger partial charge in [-0.15, -0.1) is 0 Å². The third kappa shape index (κ3) is 3.51. The zero-order chi connectivity index (χ0) is 18.7. The predicted octanol–water partition coefficient (Wildman–Crippen LogP) is 3.53. The molecule has 7 heteroatoms. The van der Waals surface area contributed by atoms with Crippen LogP contribution in [-0.2, 0) is 0 Å². The van der Waals surface area contributed by atoms with Crippen LogP contribution in [-0.4, -0.2) is 22.2 Å². The van der Waals surface area contributed by atoms with Gasteiger partial charge < -0.3 is 5.11 Å². The number of nitro benzene ring substituents is 1. The van der Waals surface area contributed by atoms with Gasteiger partial charge in [0.15, 0.2) is 0 Å². The van der Waals surface area contributed by atoms with E-state index in [1.54, 1.807) is 25.1 Å². The van der Waals surface area contributed by atoms with Gasteiger partial charge in [-0.3, -0.25) is 14.9 Å². The highest BCUT2D eigenvalue weighted by atomic mass is 16.6. The van der Waals surface area contributed by atoms with Crippen LogP contribution in [0.5, 0.6) is 5.75 Å². The molecule has 0 spiro atoms. The van der Waals surface area contributed by atoms with Crippen LogP contribution >= 0.6 is 0 Å². The second-order valence-corrected chi connectivity index (χ2v) is 5.72. The number of carbonyl (C=O) groups excluding carboxylic acids is 1. The topological polar surface area (TPSA) is 105 Å². The van der Waals surface area contributed by atoms with Crippen LogP contribution < -0.4 is 5.43 Å². The van der Waals surface area contributed by atoms with Crippen LogP contribution in [0.3, 0.4) is 0 Å². The first kappa shape index (κ1) is 17.1. The zero-order valence-electron chi connectivity index (χ0n) is 13.8. The average Bonchev–Trinajstić information content (AvgIpc) is 2.62. The van der Waals surface area contributed by atoms with Crippen molar-refractivity contribution in [1.29, 1.82) is 0 Å². The summed E-state index contributed by atoms with van der Waals surface area (Å²) in [7, 11) is 0. The summed E-state index contributed by atoms with van der Waals surface area (Å²) in [6.07, 6.45) is 1.31. The fourth-order valence-electron chi connectivity index (χ4n) is 2.54. The third-order valence-electron chi connectivity index (χ3n) is 3.92. The molecule has 0 aliphatic carbocycles. The number of rotatable bonds is 4. The zero-order valence-corrected chi connectivity index (χ0v) is 13.8. The van der Waals surface area contributed by atoms with E-state index in [0.29, 0.717) is 11.1 Å². The standard InChI is InChI=1S/C19H15N3O4/c1-12-6-7-13(8-17(12)22(25)26)11-20-21-19(24)16-9-14-4-2-3-5-15(14)10-18(16)23/h2-11,23H,1H3,(H,21,24)/b20-11+. The lowest BCUT2D eigenvalue weighted by Gasteiger charge is -2.05. The summed E-state index contributed by atoms with van der Waals surface area (Å²) < 4.78 is 0. The maximum atomic E-state index is 12.2. The van der Waals surface area contributed by atoms with Crippen molar-refractivity contribution in [2.24, 2.45) is 5.10 Å². The number of phenols is 1. The highest BCUT2D eigenvalue weighted by Gasteiger charge is 2.12. The minimum atomic E-state index is -0.578. The maximum absolute atomic E-state index is 12.2. The molecular formula is C19H15N3O4. The van der Waals surface area contributed by atoms with Crippen molar-refractivity contribution in [3.63, 3.8) is 0 Å². The van der Waals surface area contributed by atoms with E-state index in [0.717, 1.165) is 10.8 Å². The largest absolute Gasteiger partial charge is 0.507 e. The van der Waals surface area contributed by atoms with Gasteiger partial charge in [0.05, 0.1) is 16.7 Å². The molecule has 0 atom stereocenters. The molecule has 0 fully saturated rings. The van der Waals surface area contributed by atoms with Crippen molar-refractivity contribution in [1.82, 2.24) is 5.43 Å². The molecule has 0 saturated heterocycles. The number of hydrogen-bond acceptors (Lipinski definition) is 5. The molecule has 0 heterocycles. The Morgan fingerprint density at radius 2 is 1.85 bits per heavy atom. The number of aryl methyl sites for hydroxylation is 1. The van der Waals surface area contributed by atoms with Crippen molar-refractivity contribution in [2.75, 3.05) is 0 Å². The molecule has 2 N–H and O–H groups in total. The molecule has 0 saturated carbocycles. The quantitative estimate of drug-likeness (QED) is 0.427. The third-order valence-corrected chi connectivity index (χ3v) is 3.92. The van der Waals surface area contributed by atoms with Crippen molar-refractivity contribution >= 4 is 28.6 Å². The molecule has 0 bridgehead atoms. The lowest BCUT2D eigenvalue weighted by molar-refractivity contribution is -0.385. The smallest absolute Gasteiger partial charge is 0.275 e. The Kier molecular flexibility index (Phi) is 4.62. The normalized spacial score (nSPS) is 11.0. The minimum Gasteiger partial charge on any atom is -0.507 e. The van der Waals surface area contributed by atoms with Gasteiger partial charge in [-0.2, -0.15) is 5.10 Å². The van der Waals surface area contributed by atoms with Gasteiger partial charge in [-0.1, -0.05) is 36.4 Å². The van der Waals surface area contributed by atoms with Crippen LogP contribution in [0.25, 0.3) is 10.8 Å².